The molecule has 8 nitrogen and oxygen atoms in total. The first-order chi connectivity index (χ1) is 18.3. The first-order valence-electron chi connectivity index (χ1n) is 13.2. The average molecular weight is 585 g/mol. The Balaban J connectivity index is 1.51. The molecule has 2 aromatic rings. The van der Waals surface area contributed by atoms with Crippen LogP contribution in [0.4, 0.5) is 5.69 Å². The second-order valence-electron chi connectivity index (χ2n) is 10.6. The van der Waals surface area contributed by atoms with Crippen molar-refractivity contribution >= 4 is 39.3 Å². The minimum atomic E-state index is -1.17. The van der Waals surface area contributed by atoms with Gasteiger partial charge in [0.25, 0.3) is 0 Å². The standard InChI is InChI=1S/C29H34BrN3O5/c1-3-17(2)21(16-34)33-25(27(36)31-15-18-10-6-4-7-11-18)29-14-20(30)24(38-29)22(23(29)28(33)37)26(35)32-19-12-8-5-9-13-19/h4-13,17,20-25,34H,3,14-16H2,1-2H3,(H,31,36)(H,32,35)/t17-,20?,21-,22+,23-,24+,25?,29?/m0/s1. The number of benzene rings is 2. The van der Waals surface area contributed by atoms with Crippen molar-refractivity contribution in [3.63, 3.8) is 0 Å². The molecular formula is C29H34BrN3O5. The third-order valence-electron chi connectivity index (χ3n) is 8.47. The van der Waals surface area contributed by atoms with Gasteiger partial charge in [-0.2, -0.15) is 0 Å². The van der Waals surface area contributed by atoms with E-state index in [-0.39, 0.29) is 35.1 Å². The molecule has 8 atom stereocenters. The second kappa shape index (κ2) is 10.8. The third kappa shape index (κ3) is 4.44. The number of alkyl halides is 1. The van der Waals surface area contributed by atoms with Crippen LogP contribution in [0, 0.1) is 17.8 Å². The summed E-state index contributed by atoms with van der Waals surface area (Å²) < 4.78 is 6.55. The number of hydrogen-bond acceptors (Lipinski definition) is 5. The first-order valence-corrected chi connectivity index (χ1v) is 14.2. The summed E-state index contributed by atoms with van der Waals surface area (Å²) in [5, 5.41) is 16.4. The number of nitrogens with one attached hydrogen (secondary N) is 2. The van der Waals surface area contributed by atoms with E-state index in [2.05, 4.69) is 26.6 Å². The van der Waals surface area contributed by atoms with E-state index in [0.717, 1.165) is 5.56 Å². The molecule has 3 saturated heterocycles. The number of halogens is 1. The number of likely N-dealkylation sites (tertiary alicyclic amines) is 1. The Morgan fingerprint density at radius 3 is 2.42 bits per heavy atom. The summed E-state index contributed by atoms with van der Waals surface area (Å²) in [5.74, 6) is -2.60. The molecule has 5 rings (SSSR count). The molecule has 3 aliphatic rings. The molecule has 38 heavy (non-hydrogen) atoms. The van der Waals surface area contributed by atoms with Crippen molar-refractivity contribution in [2.75, 3.05) is 11.9 Å². The van der Waals surface area contributed by atoms with Crippen LogP contribution in [-0.2, 0) is 25.7 Å². The predicted molar refractivity (Wildman–Crippen MR) is 146 cm³/mol. The zero-order valence-corrected chi connectivity index (χ0v) is 23.1. The van der Waals surface area contributed by atoms with Crippen molar-refractivity contribution in [2.24, 2.45) is 17.8 Å². The number of fused-ring (bicyclic) bond motifs is 1. The van der Waals surface area contributed by atoms with Gasteiger partial charge in [0, 0.05) is 17.1 Å². The second-order valence-corrected chi connectivity index (χ2v) is 11.8. The molecule has 2 aromatic carbocycles. The van der Waals surface area contributed by atoms with Crippen LogP contribution in [0.3, 0.4) is 0 Å². The largest absolute Gasteiger partial charge is 0.394 e. The number of carbonyl (C=O) groups excluding carboxylic acids is 3. The van der Waals surface area contributed by atoms with Crippen LogP contribution in [0.1, 0.15) is 32.3 Å². The van der Waals surface area contributed by atoms with Gasteiger partial charge in [-0.25, -0.2) is 0 Å². The predicted octanol–water partition coefficient (Wildman–Crippen LogP) is 3.10. The van der Waals surface area contributed by atoms with Gasteiger partial charge in [-0.05, 0) is 30.0 Å². The Kier molecular flexibility index (Phi) is 7.62. The monoisotopic (exact) mass is 583 g/mol. The van der Waals surface area contributed by atoms with E-state index in [1.165, 1.54) is 4.90 Å². The molecule has 3 heterocycles. The van der Waals surface area contributed by atoms with Gasteiger partial charge in [-0.3, -0.25) is 14.4 Å². The minimum Gasteiger partial charge on any atom is -0.394 e. The molecule has 0 aromatic heterocycles. The van der Waals surface area contributed by atoms with E-state index in [9.17, 15) is 19.5 Å². The van der Waals surface area contributed by atoms with Crippen LogP contribution >= 0.6 is 15.9 Å². The minimum absolute atomic E-state index is 0.0582. The van der Waals surface area contributed by atoms with Gasteiger partial charge in [-0.1, -0.05) is 84.7 Å². The molecule has 9 heteroatoms. The Labute approximate surface area is 231 Å². The maximum Gasteiger partial charge on any atom is 0.246 e. The molecule has 3 unspecified atom stereocenters. The topological polar surface area (TPSA) is 108 Å². The maximum atomic E-state index is 14.2. The number of aliphatic hydroxyl groups excluding tert-OH is 1. The van der Waals surface area contributed by atoms with E-state index in [1.807, 2.05) is 62.4 Å². The number of para-hydroxylation sites is 1. The number of aliphatic hydroxyl groups is 1. The van der Waals surface area contributed by atoms with E-state index in [1.54, 1.807) is 12.1 Å². The Morgan fingerprint density at radius 2 is 1.79 bits per heavy atom. The first kappa shape index (κ1) is 26.8. The van der Waals surface area contributed by atoms with E-state index < -0.39 is 35.6 Å². The number of amides is 3. The van der Waals surface area contributed by atoms with Gasteiger partial charge >= 0.3 is 0 Å². The summed E-state index contributed by atoms with van der Waals surface area (Å²) in [5.41, 5.74) is 0.394. The normalized spacial score (nSPS) is 31.1. The van der Waals surface area contributed by atoms with Crippen LogP contribution in [0.25, 0.3) is 0 Å². The van der Waals surface area contributed by atoms with Crippen LogP contribution in [0.5, 0.6) is 0 Å². The summed E-state index contributed by atoms with van der Waals surface area (Å²) in [6.45, 7) is 3.97. The van der Waals surface area contributed by atoms with E-state index in [4.69, 9.17) is 4.74 Å². The Morgan fingerprint density at radius 1 is 1.13 bits per heavy atom. The lowest BCUT2D eigenvalue weighted by molar-refractivity contribution is -0.146. The quantitative estimate of drug-likeness (QED) is 0.393. The lowest BCUT2D eigenvalue weighted by Crippen LogP contribution is -2.59. The third-order valence-corrected chi connectivity index (χ3v) is 9.32. The molecule has 202 valence electrons. The molecule has 3 amide bonds. The molecule has 0 aliphatic carbocycles. The number of nitrogens with zero attached hydrogens (tertiary/aromatic N) is 1. The van der Waals surface area contributed by atoms with Gasteiger partial charge in [0.15, 0.2) is 0 Å². The van der Waals surface area contributed by atoms with Gasteiger partial charge < -0.3 is 25.4 Å². The highest BCUT2D eigenvalue weighted by Crippen LogP contribution is 2.60. The number of rotatable bonds is 9. The summed E-state index contributed by atoms with van der Waals surface area (Å²) in [6, 6.07) is 17.1. The Bertz CT molecular complexity index is 1180. The maximum absolute atomic E-state index is 14.2. The van der Waals surface area contributed by atoms with E-state index in [0.29, 0.717) is 25.1 Å². The van der Waals surface area contributed by atoms with Crippen LogP contribution in [0.2, 0.25) is 0 Å². The van der Waals surface area contributed by atoms with Crippen LogP contribution < -0.4 is 10.6 Å². The molecule has 2 bridgehead atoms. The van der Waals surface area contributed by atoms with Gasteiger partial charge in [-0.15, -0.1) is 0 Å². The molecule has 0 saturated carbocycles. The number of hydrogen-bond donors (Lipinski definition) is 3. The highest BCUT2D eigenvalue weighted by Gasteiger charge is 2.77. The fourth-order valence-electron chi connectivity index (χ4n) is 6.47. The molecule has 3 aliphatic heterocycles. The van der Waals surface area contributed by atoms with E-state index >= 15 is 0 Å². The number of ether oxygens (including phenoxy) is 1. The average Bonchev–Trinajstić information content (AvgIpc) is 3.52. The highest BCUT2D eigenvalue weighted by molar-refractivity contribution is 9.09. The van der Waals surface area contributed by atoms with Crippen molar-refractivity contribution < 1.29 is 24.2 Å². The molecule has 1 spiro atoms. The lowest BCUT2D eigenvalue weighted by Gasteiger charge is -2.38. The fraction of sp³-hybridized carbons (Fsp3) is 0.483. The van der Waals surface area contributed by atoms with Gasteiger partial charge in [0.1, 0.15) is 11.6 Å². The van der Waals surface area contributed by atoms with Crippen molar-refractivity contribution in [1.29, 1.82) is 0 Å². The fourth-order valence-corrected chi connectivity index (χ4v) is 7.41. The highest BCUT2D eigenvalue weighted by atomic mass is 79.9. The zero-order valence-electron chi connectivity index (χ0n) is 21.5. The number of carbonyl (C=O) groups is 3. The van der Waals surface area contributed by atoms with Gasteiger partial charge in [0.05, 0.1) is 30.6 Å². The summed E-state index contributed by atoms with van der Waals surface area (Å²) in [6.07, 6.45) is 0.588. The molecule has 3 fully saturated rings. The van der Waals surface area contributed by atoms with Crippen molar-refractivity contribution in [2.45, 2.75) is 61.8 Å². The molecule has 3 N–H and O–H groups in total. The summed E-state index contributed by atoms with van der Waals surface area (Å²) >= 11 is 3.69. The smallest absolute Gasteiger partial charge is 0.246 e. The number of anilines is 1. The summed E-state index contributed by atoms with van der Waals surface area (Å²) in [4.78, 5) is 43.1. The molecular weight excluding hydrogens is 550 g/mol. The lowest BCUT2D eigenvalue weighted by atomic mass is 9.70. The SMILES string of the molecule is CC[C@H](C)[C@H](CO)N1C(=O)[C@@H]2[C@@H](C(=O)Nc3ccccc3)[C@@H]3OC2(CC3Br)C1C(=O)NCc1ccccc1. The van der Waals surface area contributed by atoms with Crippen molar-refractivity contribution in [3.05, 3.63) is 66.2 Å². The van der Waals surface area contributed by atoms with Crippen LogP contribution in [-0.4, -0.2) is 63.0 Å². The Hall–Kier alpha value is -2.75. The van der Waals surface area contributed by atoms with Crippen molar-refractivity contribution in [3.8, 4) is 0 Å². The van der Waals surface area contributed by atoms with Crippen LogP contribution in [0.15, 0.2) is 60.7 Å². The van der Waals surface area contributed by atoms with Gasteiger partial charge in [0.2, 0.25) is 17.7 Å². The zero-order chi connectivity index (χ0) is 27.0. The van der Waals surface area contributed by atoms with Crippen molar-refractivity contribution in [1.82, 2.24) is 10.2 Å². The molecule has 0 radical (unpaired) electrons. The summed E-state index contributed by atoms with van der Waals surface area (Å²) in [7, 11) is 0.